The van der Waals surface area contributed by atoms with Crippen molar-refractivity contribution in [2.45, 2.75) is 39.3 Å². The third-order valence-electron chi connectivity index (χ3n) is 3.28. The van der Waals surface area contributed by atoms with E-state index in [4.69, 9.17) is 10.5 Å². The lowest BCUT2D eigenvalue weighted by Crippen LogP contribution is -2.23. The fraction of sp³-hybridized carbons (Fsp3) is 0.412. The maximum Gasteiger partial charge on any atom is 0.193 e. The van der Waals surface area contributed by atoms with Crippen LogP contribution in [-0.4, -0.2) is 18.1 Å². The molecule has 5 nitrogen and oxygen atoms in total. The Morgan fingerprint density at radius 3 is 2.67 bits per heavy atom. The van der Waals surface area contributed by atoms with Gasteiger partial charge in [0.05, 0.1) is 18.8 Å². The first-order valence-corrected chi connectivity index (χ1v) is 8.37. The summed E-state index contributed by atoms with van der Waals surface area (Å²) in [7, 11) is 1.67. The molecule has 0 aliphatic carbocycles. The number of halogens is 1. The molecular formula is C17H25IN4OS. The maximum absolute atomic E-state index is 5.99. The predicted molar refractivity (Wildman–Crippen MR) is 112 cm³/mol. The number of nitrogens with two attached hydrogens (primary N) is 1. The Hall–Kier alpha value is -1.19. The number of nitrogens with one attached hydrogen (secondary N) is 1. The van der Waals surface area contributed by atoms with Gasteiger partial charge in [0, 0.05) is 29.2 Å². The highest BCUT2D eigenvalue weighted by Crippen LogP contribution is 2.24. The van der Waals surface area contributed by atoms with Crippen LogP contribution >= 0.6 is 35.3 Å². The summed E-state index contributed by atoms with van der Waals surface area (Å²) < 4.78 is 5.18. The molecule has 0 unspecified atom stereocenters. The van der Waals surface area contributed by atoms with E-state index in [1.165, 1.54) is 0 Å². The largest absolute Gasteiger partial charge is 0.380 e. The van der Waals surface area contributed by atoms with Crippen molar-refractivity contribution in [1.82, 2.24) is 4.98 Å². The molecule has 0 bridgehead atoms. The van der Waals surface area contributed by atoms with Crippen molar-refractivity contribution in [3.63, 3.8) is 0 Å². The van der Waals surface area contributed by atoms with Gasteiger partial charge in [0.1, 0.15) is 5.01 Å². The van der Waals surface area contributed by atoms with Gasteiger partial charge in [0.15, 0.2) is 5.96 Å². The van der Waals surface area contributed by atoms with Crippen molar-refractivity contribution >= 4 is 47.0 Å². The van der Waals surface area contributed by atoms with E-state index in [-0.39, 0.29) is 29.4 Å². The Balaban J connectivity index is 0.00000288. The first-order valence-electron chi connectivity index (χ1n) is 7.49. The van der Waals surface area contributed by atoms with Gasteiger partial charge in [-0.3, -0.25) is 0 Å². The fourth-order valence-electron chi connectivity index (χ4n) is 1.98. The van der Waals surface area contributed by atoms with Gasteiger partial charge in [-0.15, -0.1) is 35.3 Å². The number of rotatable bonds is 5. The standard InChI is InChI=1S/C17H24N4OS.HI/c1-17(2,3)14-11-23-15(21-14)9-19-16(18)20-13-8-6-5-7-12(13)10-22-4;/h5-8,11H,9-10H2,1-4H3,(H3,18,19,20);1H. The summed E-state index contributed by atoms with van der Waals surface area (Å²) in [4.78, 5) is 8.99. The molecule has 1 heterocycles. The van der Waals surface area contributed by atoms with Gasteiger partial charge < -0.3 is 15.8 Å². The van der Waals surface area contributed by atoms with E-state index in [1.807, 2.05) is 24.3 Å². The minimum Gasteiger partial charge on any atom is -0.380 e. The zero-order chi connectivity index (χ0) is 16.9. The molecule has 0 saturated heterocycles. The number of ether oxygens (including phenoxy) is 1. The average Bonchev–Trinajstić information content (AvgIpc) is 2.96. The van der Waals surface area contributed by atoms with Crippen molar-refractivity contribution in [1.29, 1.82) is 0 Å². The number of anilines is 1. The Kier molecular flexibility index (Phi) is 8.11. The molecule has 0 atom stereocenters. The highest BCUT2D eigenvalue weighted by Gasteiger charge is 2.17. The van der Waals surface area contributed by atoms with E-state index in [1.54, 1.807) is 18.4 Å². The zero-order valence-corrected chi connectivity index (χ0v) is 17.6. The summed E-state index contributed by atoms with van der Waals surface area (Å²) in [5.41, 5.74) is 9.08. The van der Waals surface area contributed by atoms with Gasteiger partial charge in [-0.25, -0.2) is 9.98 Å². The number of hydrogen-bond donors (Lipinski definition) is 2. The van der Waals surface area contributed by atoms with Crippen LogP contribution in [0.15, 0.2) is 34.6 Å². The van der Waals surface area contributed by atoms with Crippen LogP contribution in [0.3, 0.4) is 0 Å². The van der Waals surface area contributed by atoms with E-state index < -0.39 is 0 Å². The first kappa shape index (κ1) is 20.9. The molecule has 0 aliphatic heterocycles. The normalized spacial score (nSPS) is 11.9. The van der Waals surface area contributed by atoms with Crippen LogP contribution in [0.1, 0.15) is 37.0 Å². The molecule has 7 heteroatoms. The lowest BCUT2D eigenvalue weighted by atomic mass is 9.93. The van der Waals surface area contributed by atoms with Crippen LogP contribution in [0.5, 0.6) is 0 Å². The monoisotopic (exact) mass is 460 g/mol. The quantitative estimate of drug-likeness (QED) is 0.400. The number of aliphatic imine (C=N–C) groups is 1. The van der Waals surface area contributed by atoms with Crippen molar-refractivity contribution in [2.24, 2.45) is 10.7 Å². The number of hydrogen-bond acceptors (Lipinski definition) is 4. The summed E-state index contributed by atoms with van der Waals surface area (Å²) in [5.74, 6) is 0.376. The lowest BCUT2D eigenvalue weighted by Gasteiger charge is -2.14. The molecule has 0 amide bonds. The molecule has 1 aromatic carbocycles. The second kappa shape index (κ2) is 9.33. The predicted octanol–water partition coefficient (Wildman–Crippen LogP) is 4.13. The Labute approximate surface area is 164 Å². The zero-order valence-electron chi connectivity index (χ0n) is 14.5. The van der Waals surface area contributed by atoms with E-state index in [2.05, 4.69) is 41.4 Å². The summed E-state index contributed by atoms with van der Waals surface area (Å²) in [6.07, 6.45) is 0. The number of nitrogens with zero attached hydrogens (tertiary/aromatic N) is 2. The maximum atomic E-state index is 5.99. The number of aromatic nitrogens is 1. The van der Waals surface area contributed by atoms with E-state index in [9.17, 15) is 0 Å². The molecule has 0 spiro atoms. The van der Waals surface area contributed by atoms with Crippen molar-refractivity contribution in [2.75, 3.05) is 12.4 Å². The summed E-state index contributed by atoms with van der Waals surface area (Å²) in [6.45, 7) is 7.46. The van der Waals surface area contributed by atoms with Crippen molar-refractivity contribution in [3.8, 4) is 0 Å². The van der Waals surface area contributed by atoms with Crippen LogP contribution in [0.2, 0.25) is 0 Å². The summed E-state index contributed by atoms with van der Waals surface area (Å²) >= 11 is 1.61. The molecule has 0 aliphatic rings. The van der Waals surface area contributed by atoms with Crippen LogP contribution in [0.4, 0.5) is 5.69 Å². The Bertz CT molecular complexity index is 679. The number of para-hydroxylation sites is 1. The smallest absolute Gasteiger partial charge is 0.193 e. The molecule has 132 valence electrons. The second-order valence-corrected chi connectivity index (χ2v) is 7.24. The molecule has 3 N–H and O–H groups in total. The number of thiazole rings is 1. The molecule has 2 rings (SSSR count). The van der Waals surface area contributed by atoms with Crippen LogP contribution in [-0.2, 0) is 23.3 Å². The van der Waals surface area contributed by atoms with Crippen LogP contribution in [0.25, 0.3) is 0 Å². The Morgan fingerprint density at radius 1 is 1.33 bits per heavy atom. The van der Waals surface area contributed by atoms with E-state index in [0.29, 0.717) is 19.1 Å². The van der Waals surface area contributed by atoms with Crippen molar-refractivity contribution in [3.05, 3.63) is 45.9 Å². The highest BCUT2D eigenvalue weighted by atomic mass is 127. The number of methoxy groups -OCH3 is 1. The topological polar surface area (TPSA) is 72.5 Å². The molecule has 2 aromatic rings. The SMILES string of the molecule is COCc1ccccc1NC(N)=NCc1nc(C(C)(C)C)cs1.I. The molecule has 0 radical (unpaired) electrons. The van der Waals surface area contributed by atoms with Crippen LogP contribution in [0, 0.1) is 0 Å². The third kappa shape index (κ3) is 6.03. The van der Waals surface area contributed by atoms with Gasteiger partial charge in [-0.1, -0.05) is 39.0 Å². The van der Waals surface area contributed by atoms with Gasteiger partial charge >= 0.3 is 0 Å². The average molecular weight is 460 g/mol. The number of benzene rings is 1. The first-order chi connectivity index (χ1) is 10.9. The van der Waals surface area contributed by atoms with Gasteiger partial charge in [0.25, 0.3) is 0 Å². The van der Waals surface area contributed by atoms with Gasteiger partial charge in [-0.2, -0.15) is 0 Å². The van der Waals surface area contributed by atoms with Gasteiger partial charge in [0.2, 0.25) is 0 Å². The minimum absolute atomic E-state index is 0. The molecular weight excluding hydrogens is 435 g/mol. The summed E-state index contributed by atoms with van der Waals surface area (Å²) in [6, 6.07) is 7.87. The van der Waals surface area contributed by atoms with Crippen molar-refractivity contribution < 1.29 is 4.74 Å². The molecule has 24 heavy (non-hydrogen) atoms. The second-order valence-electron chi connectivity index (χ2n) is 6.29. The highest BCUT2D eigenvalue weighted by molar-refractivity contribution is 14.0. The molecule has 1 aromatic heterocycles. The lowest BCUT2D eigenvalue weighted by molar-refractivity contribution is 0.185. The molecule has 0 saturated carbocycles. The Morgan fingerprint density at radius 2 is 2.04 bits per heavy atom. The van der Waals surface area contributed by atoms with Crippen LogP contribution < -0.4 is 11.1 Å². The third-order valence-corrected chi connectivity index (χ3v) is 4.12. The number of guanidine groups is 1. The van der Waals surface area contributed by atoms with E-state index in [0.717, 1.165) is 22.0 Å². The van der Waals surface area contributed by atoms with Gasteiger partial charge in [-0.05, 0) is 6.07 Å². The molecule has 0 fully saturated rings. The summed E-state index contributed by atoms with van der Waals surface area (Å²) in [5, 5.41) is 6.18. The fourth-order valence-corrected chi connectivity index (χ4v) is 2.93. The minimum atomic E-state index is 0. The van der Waals surface area contributed by atoms with E-state index >= 15 is 0 Å².